The molecule has 0 radical (unpaired) electrons. The van der Waals surface area contributed by atoms with Gasteiger partial charge in [0, 0.05) is 38.7 Å². The van der Waals surface area contributed by atoms with E-state index in [1.807, 2.05) is 30.5 Å². The number of furan rings is 1. The van der Waals surface area contributed by atoms with Gasteiger partial charge in [-0.2, -0.15) is 0 Å². The van der Waals surface area contributed by atoms with Crippen molar-refractivity contribution in [2.24, 2.45) is 5.92 Å². The van der Waals surface area contributed by atoms with E-state index < -0.39 is 0 Å². The molecule has 2 heterocycles. The Morgan fingerprint density at radius 1 is 1.42 bits per heavy atom. The molecule has 6 heteroatoms. The van der Waals surface area contributed by atoms with Gasteiger partial charge in [0.25, 0.3) is 0 Å². The van der Waals surface area contributed by atoms with Crippen LogP contribution in [0.1, 0.15) is 23.9 Å². The molecule has 24 heavy (non-hydrogen) atoms. The second-order valence-electron chi connectivity index (χ2n) is 5.89. The molecule has 0 unspecified atom stereocenters. The van der Waals surface area contributed by atoms with Crippen LogP contribution in [0.15, 0.2) is 41.1 Å². The molecule has 2 rings (SSSR count). The van der Waals surface area contributed by atoms with Gasteiger partial charge in [0.15, 0.2) is 0 Å². The van der Waals surface area contributed by atoms with Gasteiger partial charge in [-0.25, -0.2) is 4.79 Å². The van der Waals surface area contributed by atoms with Crippen molar-refractivity contribution in [2.75, 3.05) is 20.2 Å². The topological polar surface area (TPSA) is 78.6 Å². The lowest BCUT2D eigenvalue weighted by Crippen LogP contribution is -2.40. The first-order valence-corrected chi connectivity index (χ1v) is 8.18. The van der Waals surface area contributed by atoms with Gasteiger partial charge in [-0.3, -0.25) is 4.98 Å². The third-order valence-electron chi connectivity index (χ3n) is 3.91. The van der Waals surface area contributed by atoms with Crippen LogP contribution in [0.25, 0.3) is 0 Å². The van der Waals surface area contributed by atoms with Gasteiger partial charge in [0.2, 0.25) is 0 Å². The van der Waals surface area contributed by atoms with Crippen LogP contribution in [-0.2, 0) is 19.4 Å². The molecule has 0 aromatic carbocycles. The predicted octanol–water partition coefficient (Wildman–Crippen LogP) is 2.23. The van der Waals surface area contributed by atoms with E-state index in [1.165, 1.54) is 5.56 Å². The number of nitrogens with one attached hydrogen (secondary N) is 1. The molecule has 0 aliphatic heterocycles. The Kier molecular flexibility index (Phi) is 6.81. The second-order valence-corrected chi connectivity index (χ2v) is 5.89. The number of aryl methyl sites for hydroxylation is 1. The van der Waals surface area contributed by atoms with Crippen molar-refractivity contribution in [3.8, 4) is 0 Å². The molecule has 2 aromatic heterocycles. The Hall–Kier alpha value is -2.34. The number of urea groups is 1. The first-order chi connectivity index (χ1) is 11.6. The van der Waals surface area contributed by atoms with E-state index in [2.05, 4.69) is 17.2 Å². The molecule has 0 fully saturated rings. The Morgan fingerprint density at radius 2 is 2.25 bits per heavy atom. The van der Waals surface area contributed by atoms with E-state index in [0.717, 1.165) is 17.9 Å². The van der Waals surface area contributed by atoms with Crippen molar-refractivity contribution < 1.29 is 14.3 Å². The summed E-state index contributed by atoms with van der Waals surface area (Å²) in [5.74, 6) is 0.729. The highest BCUT2D eigenvalue weighted by molar-refractivity contribution is 5.73. The van der Waals surface area contributed by atoms with E-state index in [0.29, 0.717) is 19.5 Å². The van der Waals surface area contributed by atoms with Crippen molar-refractivity contribution in [1.82, 2.24) is 15.2 Å². The number of aliphatic hydroxyl groups is 1. The Balaban J connectivity index is 1.79. The predicted molar refractivity (Wildman–Crippen MR) is 91.5 cm³/mol. The molecule has 0 aliphatic rings. The van der Waals surface area contributed by atoms with Crippen molar-refractivity contribution in [2.45, 2.75) is 26.3 Å². The molecular formula is C18H25N3O3. The third kappa shape index (κ3) is 5.38. The zero-order valence-corrected chi connectivity index (χ0v) is 14.2. The summed E-state index contributed by atoms with van der Waals surface area (Å²) in [6.07, 6.45) is 4.98. The molecule has 2 aromatic rings. The number of aliphatic hydroxyl groups excluding tert-OH is 1. The molecule has 6 nitrogen and oxygen atoms in total. The quantitative estimate of drug-likeness (QED) is 0.777. The van der Waals surface area contributed by atoms with E-state index in [4.69, 9.17) is 4.42 Å². The number of carbonyl (C=O) groups excluding carboxylic acids is 1. The summed E-state index contributed by atoms with van der Waals surface area (Å²) in [4.78, 5) is 18.1. The molecule has 0 aliphatic carbocycles. The molecule has 130 valence electrons. The van der Waals surface area contributed by atoms with Gasteiger partial charge < -0.3 is 19.7 Å². The van der Waals surface area contributed by atoms with Gasteiger partial charge in [-0.05, 0) is 30.2 Å². The van der Waals surface area contributed by atoms with E-state index in [-0.39, 0.29) is 18.6 Å². The van der Waals surface area contributed by atoms with Crippen molar-refractivity contribution in [1.29, 1.82) is 0 Å². The lowest BCUT2D eigenvalue weighted by atomic mass is 10.1. The smallest absolute Gasteiger partial charge is 0.317 e. The summed E-state index contributed by atoms with van der Waals surface area (Å²) in [5.41, 5.74) is 2.02. The maximum absolute atomic E-state index is 12.2. The van der Waals surface area contributed by atoms with Gasteiger partial charge in [-0.15, -0.1) is 0 Å². The fourth-order valence-electron chi connectivity index (χ4n) is 2.35. The van der Waals surface area contributed by atoms with Crippen molar-refractivity contribution >= 4 is 6.03 Å². The van der Waals surface area contributed by atoms with Gasteiger partial charge >= 0.3 is 6.03 Å². The number of hydrogen-bond acceptors (Lipinski definition) is 4. The lowest BCUT2D eigenvalue weighted by molar-refractivity contribution is 0.192. The summed E-state index contributed by atoms with van der Waals surface area (Å²) in [5, 5.41) is 12.3. The van der Waals surface area contributed by atoms with Crippen LogP contribution >= 0.6 is 0 Å². The van der Waals surface area contributed by atoms with Gasteiger partial charge in [0.05, 0.1) is 18.5 Å². The SMILES string of the molecule is CCc1ccc(CN(C)C(=O)NC[C@@H](CO)Cc2ccco2)nc1. The number of hydrogen-bond donors (Lipinski definition) is 2. The average molecular weight is 331 g/mol. The van der Waals surface area contributed by atoms with E-state index >= 15 is 0 Å². The minimum atomic E-state index is -0.186. The summed E-state index contributed by atoms with van der Waals surface area (Å²) >= 11 is 0. The monoisotopic (exact) mass is 331 g/mol. The highest BCUT2D eigenvalue weighted by Gasteiger charge is 2.14. The highest BCUT2D eigenvalue weighted by atomic mass is 16.3. The number of amides is 2. The fraction of sp³-hybridized carbons (Fsp3) is 0.444. The summed E-state index contributed by atoms with van der Waals surface area (Å²) in [6.45, 7) is 2.90. The molecule has 0 saturated heterocycles. The van der Waals surface area contributed by atoms with Gasteiger partial charge in [0.1, 0.15) is 5.76 Å². The maximum Gasteiger partial charge on any atom is 0.317 e. The van der Waals surface area contributed by atoms with Crippen LogP contribution < -0.4 is 5.32 Å². The minimum Gasteiger partial charge on any atom is -0.469 e. The largest absolute Gasteiger partial charge is 0.469 e. The average Bonchev–Trinajstić information content (AvgIpc) is 3.11. The number of carbonyl (C=O) groups is 1. The van der Waals surface area contributed by atoms with Crippen LogP contribution in [0.4, 0.5) is 4.79 Å². The van der Waals surface area contributed by atoms with Crippen molar-refractivity contribution in [3.05, 3.63) is 53.7 Å². The van der Waals surface area contributed by atoms with Crippen LogP contribution in [0.2, 0.25) is 0 Å². The summed E-state index contributed by atoms with van der Waals surface area (Å²) in [6, 6.07) is 7.46. The molecule has 0 saturated carbocycles. The lowest BCUT2D eigenvalue weighted by Gasteiger charge is -2.20. The molecule has 2 N–H and O–H groups in total. The Bertz CT molecular complexity index is 611. The first kappa shape index (κ1) is 18.0. The molecular weight excluding hydrogens is 306 g/mol. The first-order valence-electron chi connectivity index (χ1n) is 8.18. The van der Waals surface area contributed by atoms with Gasteiger partial charge in [-0.1, -0.05) is 13.0 Å². The fourth-order valence-corrected chi connectivity index (χ4v) is 2.35. The minimum absolute atomic E-state index is 0.00920. The molecule has 2 amide bonds. The number of nitrogens with zero attached hydrogens (tertiary/aromatic N) is 2. The second kappa shape index (κ2) is 9.08. The van der Waals surface area contributed by atoms with Crippen LogP contribution in [-0.4, -0.2) is 41.2 Å². The standard InChI is InChI=1S/C18H25N3O3/c1-3-14-6-7-16(19-10-14)12-21(2)18(23)20-11-15(13-22)9-17-5-4-8-24-17/h4-8,10,15,22H,3,9,11-13H2,1-2H3,(H,20,23)/t15-/m0/s1. The summed E-state index contributed by atoms with van der Waals surface area (Å²) < 4.78 is 5.28. The molecule has 0 bridgehead atoms. The zero-order chi connectivity index (χ0) is 17.4. The number of rotatable bonds is 8. The molecule has 1 atom stereocenters. The van der Waals surface area contributed by atoms with Crippen LogP contribution in [0.3, 0.4) is 0 Å². The highest BCUT2D eigenvalue weighted by Crippen LogP contribution is 2.09. The molecule has 0 spiro atoms. The Labute approximate surface area is 142 Å². The Morgan fingerprint density at radius 3 is 2.83 bits per heavy atom. The third-order valence-corrected chi connectivity index (χ3v) is 3.91. The van der Waals surface area contributed by atoms with E-state index in [9.17, 15) is 9.90 Å². The summed E-state index contributed by atoms with van der Waals surface area (Å²) in [7, 11) is 1.73. The van der Waals surface area contributed by atoms with E-state index in [1.54, 1.807) is 18.2 Å². The normalized spacial score (nSPS) is 12.0. The zero-order valence-electron chi connectivity index (χ0n) is 14.2. The number of pyridine rings is 1. The van der Waals surface area contributed by atoms with Crippen LogP contribution in [0.5, 0.6) is 0 Å². The number of aromatic nitrogens is 1. The van der Waals surface area contributed by atoms with Crippen LogP contribution in [0, 0.1) is 5.92 Å². The van der Waals surface area contributed by atoms with Crippen molar-refractivity contribution in [3.63, 3.8) is 0 Å². The maximum atomic E-state index is 12.2.